The first-order valence-corrected chi connectivity index (χ1v) is 3.33. The molecule has 0 aromatic carbocycles. The van der Waals surface area contributed by atoms with Crippen LogP contribution in [-0.2, 0) is 0 Å². The third-order valence-corrected chi connectivity index (χ3v) is 1.40. The van der Waals surface area contributed by atoms with E-state index in [1.54, 1.807) is 12.1 Å². The molecule has 0 spiro atoms. The van der Waals surface area contributed by atoms with E-state index < -0.39 is 5.91 Å². The standard InChI is InChI=1S/C5H4INO2/c6-4-2-1-3(9-4)5(7)8/h1-2H,(H2,7,8). The van der Waals surface area contributed by atoms with Gasteiger partial charge < -0.3 is 10.2 Å². The predicted octanol–water partition coefficient (Wildman–Crippen LogP) is 0.983. The molecule has 0 saturated carbocycles. The Morgan fingerprint density at radius 3 is 2.56 bits per heavy atom. The maximum Gasteiger partial charge on any atom is 0.284 e. The van der Waals surface area contributed by atoms with E-state index in [1.165, 1.54) is 0 Å². The summed E-state index contributed by atoms with van der Waals surface area (Å²) in [7, 11) is 0. The Morgan fingerprint density at radius 2 is 2.33 bits per heavy atom. The summed E-state index contributed by atoms with van der Waals surface area (Å²) in [4.78, 5) is 10.3. The van der Waals surface area contributed by atoms with Crippen LogP contribution in [0.1, 0.15) is 10.6 Å². The number of rotatable bonds is 1. The molecular formula is C5H4INO2. The Hall–Kier alpha value is -0.520. The summed E-state index contributed by atoms with van der Waals surface area (Å²) in [5.74, 6) is -0.322. The van der Waals surface area contributed by atoms with E-state index in [0.717, 1.165) is 0 Å². The monoisotopic (exact) mass is 237 g/mol. The molecule has 0 bridgehead atoms. The van der Waals surface area contributed by atoms with Gasteiger partial charge in [-0.15, -0.1) is 0 Å². The molecule has 1 amide bonds. The number of halogens is 1. The molecule has 0 aliphatic rings. The molecule has 1 heterocycles. The highest BCUT2D eigenvalue weighted by atomic mass is 127. The van der Waals surface area contributed by atoms with Crippen molar-refractivity contribution in [3.63, 3.8) is 0 Å². The van der Waals surface area contributed by atoms with Gasteiger partial charge in [-0.25, -0.2) is 0 Å². The van der Waals surface area contributed by atoms with Crippen LogP contribution in [0.5, 0.6) is 0 Å². The predicted molar refractivity (Wildman–Crippen MR) is 39.9 cm³/mol. The summed E-state index contributed by atoms with van der Waals surface area (Å²) in [5, 5.41) is 0. The molecule has 0 saturated heterocycles. The molecule has 0 aliphatic carbocycles. The Kier molecular flexibility index (Phi) is 1.75. The first kappa shape index (κ1) is 6.60. The molecule has 0 radical (unpaired) electrons. The maximum atomic E-state index is 10.3. The van der Waals surface area contributed by atoms with E-state index in [9.17, 15) is 4.79 Å². The van der Waals surface area contributed by atoms with Gasteiger partial charge in [0, 0.05) is 0 Å². The third kappa shape index (κ3) is 1.44. The van der Waals surface area contributed by atoms with Gasteiger partial charge in [0.15, 0.2) is 9.53 Å². The van der Waals surface area contributed by atoms with E-state index >= 15 is 0 Å². The quantitative estimate of drug-likeness (QED) is 0.740. The highest BCUT2D eigenvalue weighted by Crippen LogP contribution is 2.08. The van der Waals surface area contributed by atoms with E-state index in [-0.39, 0.29) is 5.76 Å². The fraction of sp³-hybridized carbons (Fsp3) is 0. The minimum atomic E-state index is -0.530. The summed E-state index contributed by atoms with van der Waals surface area (Å²) < 4.78 is 5.52. The van der Waals surface area contributed by atoms with Crippen molar-refractivity contribution in [1.29, 1.82) is 0 Å². The molecule has 0 unspecified atom stereocenters. The van der Waals surface area contributed by atoms with Crippen molar-refractivity contribution < 1.29 is 9.21 Å². The number of furan rings is 1. The highest BCUT2D eigenvalue weighted by molar-refractivity contribution is 14.1. The van der Waals surface area contributed by atoms with Crippen molar-refractivity contribution in [2.45, 2.75) is 0 Å². The summed E-state index contributed by atoms with van der Waals surface area (Å²) in [6.45, 7) is 0. The van der Waals surface area contributed by atoms with Crippen LogP contribution in [0.2, 0.25) is 0 Å². The van der Waals surface area contributed by atoms with Crippen LogP contribution in [0.15, 0.2) is 16.5 Å². The first-order chi connectivity index (χ1) is 4.20. The van der Waals surface area contributed by atoms with Gasteiger partial charge in [0.05, 0.1) is 0 Å². The lowest BCUT2D eigenvalue weighted by Crippen LogP contribution is -2.09. The molecule has 3 nitrogen and oxygen atoms in total. The van der Waals surface area contributed by atoms with Crippen LogP contribution < -0.4 is 5.73 Å². The Bertz CT molecular complexity index is 231. The van der Waals surface area contributed by atoms with Crippen molar-refractivity contribution in [2.75, 3.05) is 0 Å². The summed E-state index contributed by atoms with van der Waals surface area (Å²) in [6, 6.07) is 3.23. The molecule has 1 rings (SSSR count). The van der Waals surface area contributed by atoms with Gasteiger partial charge in [0.1, 0.15) is 0 Å². The van der Waals surface area contributed by atoms with Crippen molar-refractivity contribution in [2.24, 2.45) is 5.73 Å². The fourth-order valence-corrected chi connectivity index (χ4v) is 0.864. The fourth-order valence-electron chi connectivity index (χ4n) is 0.447. The maximum absolute atomic E-state index is 10.3. The second-order valence-electron chi connectivity index (χ2n) is 1.47. The lowest BCUT2D eigenvalue weighted by atomic mass is 10.4. The SMILES string of the molecule is NC(=O)c1ccc(I)o1. The zero-order valence-corrected chi connectivity index (χ0v) is 6.58. The molecule has 1 aromatic rings. The second-order valence-corrected chi connectivity index (χ2v) is 2.53. The van der Waals surface area contributed by atoms with Crippen LogP contribution in [0, 0.1) is 3.77 Å². The van der Waals surface area contributed by atoms with Crippen molar-refractivity contribution in [3.8, 4) is 0 Å². The van der Waals surface area contributed by atoms with Crippen LogP contribution >= 0.6 is 22.6 Å². The van der Waals surface area contributed by atoms with Crippen molar-refractivity contribution in [1.82, 2.24) is 0 Å². The van der Waals surface area contributed by atoms with E-state index in [2.05, 4.69) is 0 Å². The number of hydrogen-bond acceptors (Lipinski definition) is 2. The van der Waals surface area contributed by atoms with Crippen molar-refractivity contribution in [3.05, 3.63) is 21.7 Å². The largest absolute Gasteiger partial charge is 0.445 e. The third-order valence-electron chi connectivity index (χ3n) is 0.816. The zero-order chi connectivity index (χ0) is 6.85. The Balaban J connectivity index is 2.98. The topological polar surface area (TPSA) is 56.2 Å². The molecule has 4 heteroatoms. The number of nitrogens with two attached hydrogens (primary N) is 1. The number of carbonyl (C=O) groups is 1. The van der Waals surface area contributed by atoms with Gasteiger partial charge in [-0.1, -0.05) is 0 Å². The average molecular weight is 237 g/mol. The van der Waals surface area contributed by atoms with E-state index in [4.69, 9.17) is 10.2 Å². The summed E-state index contributed by atoms with van der Waals surface area (Å²) in [5.41, 5.74) is 4.89. The van der Waals surface area contributed by atoms with Gasteiger partial charge in [0.2, 0.25) is 0 Å². The minimum absolute atomic E-state index is 0.208. The molecule has 9 heavy (non-hydrogen) atoms. The zero-order valence-electron chi connectivity index (χ0n) is 4.43. The summed E-state index contributed by atoms with van der Waals surface area (Å²) in [6.07, 6.45) is 0. The minimum Gasteiger partial charge on any atom is -0.445 e. The van der Waals surface area contributed by atoms with Crippen LogP contribution in [-0.4, -0.2) is 5.91 Å². The van der Waals surface area contributed by atoms with Gasteiger partial charge in [0.25, 0.3) is 5.91 Å². The average Bonchev–Trinajstić information content (AvgIpc) is 2.14. The number of amides is 1. The number of hydrogen-bond donors (Lipinski definition) is 1. The molecule has 0 aliphatic heterocycles. The van der Waals surface area contributed by atoms with Gasteiger partial charge in [-0.3, -0.25) is 4.79 Å². The van der Waals surface area contributed by atoms with Gasteiger partial charge in [-0.2, -0.15) is 0 Å². The molecule has 0 atom stereocenters. The smallest absolute Gasteiger partial charge is 0.284 e. The van der Waals surface area contributed by atoms with Crippen LogP contribution in [0.3, 0.4) is 0 Å². The Labute approximate surface area is 65.4 Å². The molecule has 2 N–H and O–H groups in total. The first-order valence-electron chi connectivity index (χ1n) is 2.25. The second kappa shape index (κ2) is 2.38. The molecule has 0 fully saturated rings. The van der Waals surface area contributed by atoms with Crippen LogP contribution in [0.4, 0.5) is 0 Å². The van der Waals surface area contributed by atoms with Gasteiger partial charge >= 0.3 is 0 Å². The lowest BCUT2D eigenvalue weighted by molar-refractivity contribution is 0.0972. The molecule has 1 aromatic heterocycles. The number of primary amides is 1. The summed E-state index contributed by atoms with van der Waals surface area (Å²) >= 11 is 1.96. The van der Waals surface area contributed by atoms with Crippen LogP contribution in [0.25, 0.3) is 0 Å². The highest BCUT2D eigenvalue weighted by Gasteiger charge is 2.03. The number of carbonyl (C=O) groups excluding carboxylic acids is 1. The molecular weight excluding hydrogens is 233 g/mol. The Morgan fingerprint density at radius 1 is 1.67 bits per heavy atom. The van der Waals surface area contributed by atoms with E-state index in [1.807, 2.05) is 22.6 Å². The lowest BCUT2D eigenvalue weighted by Gasteiger charge is -1.82. The normalized spacial score (nSPS) is 9.44. The van der Waals surface area contributed by atoms with Crippen molar-refractivity contribution >= 4 is 28.5 Å². The van der Waals surface area contributed by atoms with Gasteiger partial charge in [-0.05, 0) is 34.7 Å². The molecule has 48 valence electrons. The van der Waals surface area contributed by atoms with E-state index in [0.29, 0.717) is 3.77 Å².